The van der Waals surface area contributed by atoms with Crippen LogP contribution in [-0.4, -0.2) is 45.2 Å². The monoisotopic (exact) mass is 335 g/mol. The molecule has 0 fully saturated rings. The van der Waals surface area contributed by atoms with Gasteiger partial charge in [0.1, 0.15) is 5.75 Å². The Kier molecular flexibility index (Phi) is 8.67. The molecular formula is C17H21NO6. The number of hydrogen-bond acceptors (Lipinski definition) is 6. The summed E-state index contributed by atoms with van der Waals surface area (Å²) in [6, 6.07) is 7.19. The minimum atomic E-state index is -0.634. The van der Waals surface area contributed by atoms with Crippen molar-refractivity contribution in [3.05, 3.63) is 35.9 Å². The predicted octanol–water partition coefficient (Wildman–Crippen LogP) is 1.32. The minimum absolute atomic E-state index is 0.220. The molecule has 0 bridgehead atoms. The molecule has 0 saturated heterocycles. The van der Waals surface area contributed by atoms with Crippen molar-refractivity contribution in [1.82, 2.24) is 5.32 Å². The van der Waals surface area contributed by atoms with Gasteiger partial charge in [0.15, 0.2) is 6.61 Å². The molecule has 0 aliphatic carbocycles. The average molecular weight is 335 g/mol. The third-order valence-corrected chi connectivity index (χ3v) is 2.99. The zero-order chi connectivity index (χ0) is 17.8. The van der Waals surface area contributed by atoms with Crippen molar-refractivity contribution in [3.63, 3.8) is 0 Å². The van der Waals surface area contributed by atoms with E-state index in [2.05, 4.69) is 10.1 Å². The van der Waals surface area contributed by atoms with E-state index in [0.29, 0.717) is 18.7 Å². The van der Waals surface area contributed by atoms with Crippen molar-refractivity contribution in [2.24, 2.45) is 0 Å². The Hall–Kier alpha value is -2.83. The molecule has 0 aliphatic rings. The Morgan fingerprint density at radius 3 is 2.62 bits per heavy atom. The SMILES string of the molecule is COC(=O)CCCNC(=O)COC(=O)/C=C/c1ccccc1OC. The van der Waals surface area contributed by atoms with Gasteiger partial charge < -0.3 is 19.5 Å². The molecule has 7 nitrogen and oxygen atoms in total. The first-order valence-corrected chi connectivity index (χ1v) is 7.38. The number of amides is 1. The molecule has 1 aromatic rings. The average Bonchev–Trinajstić information content (AvgIpc) is 2.61. The Labute approximate surface area is 140 Å². The lowest BCUT2D eigenvalue weighted by Gasteiger charge is -2.05. The first-order chi connectivity index (χ1) is 11.6. The van der Waals surface area contributed by atoms with Gasteiger partial charge in [-0.15, -0.1) is 0 Å². The number of esters is 2. The molecule has 1 aromatic carbocycles. The summed E-state index contributed by atoms with van der Waals surface area (Å²) in [5.74, 6) is -0.772. The maximum Gasteiger partial charge on any atom is 0.331 e. The number of carbonyl (C=O) groups is 3. The van der Waals surface area contributed by atoms with Gasteiger partial charge in [-0.3, -0.25) is 9.59 Å². The van der Waals surface area contributed by atoms with E-state index >= 15 is 0 Å². The molecule has 0 radical (unpaired) electrons. The molecule has 7 heteroatoms. The standard InChI is InChI=1S/C17H21NO6/c1-22-14-7-4-3-6-13(14)9-10-17(21)24-12-15(19)18-11-5-8-16(20)23-2/h3-4,6-7,9-10H,5,8,11-12H2,1-2H3,(H,18,19)/b10-9+. The highest BCUT2D eigenvalue weighted by Gasteiger charge is 2.06. The normalized spacial score (nSPS) is 10.2. The Balaban J connectivity index is 2.29. The quantitative estimate of drug-likeness (QED) is 0.416. The third kappa shape index (κ3) is 7.44. The summed E-state index contributed by atoms with van der Waals surface area (Å²) in [7, 11) is 2.84. The van der Waals surface area contributed by atoms with Crippen LogP contribution in [0.3, 0.4) is 0 Å². The smallest absolute Gasteiger partial charge is 0.331 e. The van der Waals surface area contributed by atoms with Crippen LogP contribution in [0, 0.1) is 0 Å². The van der Waals surface area contributed by atoms with E-state index in [1.165, 1.54) is 20.3 Å². The van der Waals surface area contributed by atoms with Gasteiger partial charge in [0.2, 0.25) is 0 Å². The van der Waals surface area contributed by atoms with E-state index in [1.807, 2.05) is 12.1 Å². The highest BCUT2D eigenvalue weighted by molar-refractivity contribution is 5.89. The number of hydrogen-bond donors (Lipinski definition) is 1. The lowest BCUT2D eigenvalue weighted by Crippen LogP contribution is -2.29. The lowest BCUT2D eigenvalue weighted by atomic mass is 10.2. The maximum absolute atomic E-state index is 11.6. The second-order valence-electron chi connectivity index (χ2n) is 4.71. The van der Waals surface area contributed by atoms with Crippen LogP contribution in [-0.2, 0) is 23.9 Å². The topological polar surface area (TPSA) is 90.9 Å². The number of rotatable bonds is 9. The zero-order valence-corrected chi connectivity index (χ0v) is 13.7. The van der Waals surface area contributed by atoms with Crippen LogP contribution < -0.4 is 10.1 Å². The van der Waals surface area contributed by atoms with Gasteiger partial charge in [0.25, 0.3) is 5.91 Å². The number of ether oxygens (including phenoxy) is 3. The van der Waals surface area contributed by atoms with Crippen molar-refractivity contribution >= 4 is 23.9 Å². The summed E-state index contributed by atoms with van der Waals surface area (Å²) in [4.78, 5) is 34.0. The first kappa shape index (κ1) is 19.2. The molecule has 1 amide bonds. The first-order valence-electron chi connectivity index (χ1n) is 7.38. The van der Waals surface area contributed by atoms with Crippen molar-refractivity contribution in [1.29, 1.82) is 0 Å². The van der Waals surface area contributed by atoms with Crippen LogP contribution >= 0.6 is 0 Å². The molecule has 24 heavy (non-hydrogen) atoms. The molecule has 0 atom stereocenters. The number of carbonyl (C=O) groups excluding carboxylic acids is 3. The zero-order valence-electron chi connectivity index (χ0n) is 13.7. The van der Waals surface area contributed by atoms with Crippen molar-refractivity contribution in [3.8, 4) is 5.75 Å². The van der Waals surface area contributed by atoms with Gasteiger partial charge in [0.05, 0.1) is 14.2 Å². The molecule has 130 valence electrons. The molecule has 1 N–H and O–H groups in total. The van der Waals surface area contributed by atoms with Crippen molar-refractivity contribution in [2.45, 2.75) is 12.8 Å². The molecule has 0 heterocycles. The fourth-order valence-electron chi connectivity index (χ4n) is 1.76. The Bertz CT molecular complexity index is 596. The van der Waals surface area contributed by atoms with Crippen molar-refractivity contribution < 1.29 is 28.6 Å². The minimum Gasteiger partial charge on any atom is -0.496 e. The van der Waals surface area contributed by atoms with Crippen molar-refractivity contribution in [2.75, 3.05) is 27.4 Å². The molecule has 0 aromatic heterocycles. The van der Waals surface area contributed by atoms with Gasteiger partial charge in [-0.05, 0) is 18.6 Å². The summed E-state index contributed by atoms with van der Waals surface area (Å²) >= 11 is 0. The van der Waals surface area contributed by atoms with Crippen LogP contribution in [0.5, 0.6) is 5.75 Å². The van der Waals surface area contributed by atoms with E-state index in [9.17, 15) is 14.4 Å². The molecule has 0 spiro atoms. The van der Waals surface area contributed by atoms with Crippen LogP contribution in [0.25, 0.3) is 6.08 Å². The van der Waals surface area contributed by atoms with E-state index in [0.717, 1.165) is 5.56 Å². The molecule has 0 saturated carbocycles. The van der Waals surface area contributed by atoms with Gasteiger partial charge in [-0.1, -0.05) is 18.2 Å². The lowest BCUT2D eigenvalue weighted by molar-refractivity contribution is -0.143. The van der Waals surface area contributed by atoms with E-state index in [4.69, 9.17) is 9.47 Å². The largest absolute Gasteiger partial charge is 0.496 e. The number of methoxy groups -OCH3 is 2. The van der Waals surface area contributed by atoms with Gasteiger partial charge in [0, 0.05) is 24.6 Å². The molecule has 0 unspecified atom stereocenters. The van der Waals surface area contributed by atoms with E-state index in [1.54, 1.807) is 18.2 Å². The van der Waals surface area contributed by atoms with Gasteiger partial charge >= 0.3 is 11.9 Å². The second-order valence-corrected chi connectivity index (χ2v) is 4.71. The summed E-state index contributed by atoms with van der Waals surface area (Å²) in [5.41, 5.74) is 0.726. The Morgan fingerprint density at radius 1 is 1.17 bits per heavy atom. The molecule has 0 aliphatic heterocycles. The third-order valence-electron chi connectivity index (χ3n) is 2.99. The van der Waals surface area contributed by atoms with E-state index < -0.39 is 11.9 Å². The van der Waals surface area contributed by atoms with Gasteiger partial charge in [-0.2, -0.15) is 0 Å². The van der Waals surface area contributed by atoms with Crippen LogP contribution in [0.4, 0.5) is 0 Å². The van der Waals surface area contributed by atoms with E-state index in [-0.39, 0.29) is 19.0 Å². The molecular weight excluding hydrogens is 314 g/mol. The highest BCUT2D eigenvalue weighted by atomic mass is 16.5. The fraction of sp³-hybridized carbons (Fsp3) is 0.353. The maximum atomic E-state index is 11.6. The number of para-hydroxylation sites is 1. The second kappa shape index (κ2) is 10.8. The summed E-state index contributed by atoms with van der Waals surface area (Å²) in [5, 5.41) is 2.54. The van der Waals surface area contributed by atoms with Gasteiger partial charge in [-0.25, -0.2) is 4.79 Å². The highest BCUT2D eigenvalue weighted by Crippen LogP contribution is 2.18. The fourth-order valence-corrected chi connectivity index (χ4v) is 1.76. The summed E-state index contributed by atoms with van der Waals surface area (Å²) in [6.45, 7) is -0.0736. The number of nitrogens with one attached hydrogen (secondary N) is 1. The van der Waals surface area contributed by atoms with Crippen LogP contribution in [0.2, 0.25) is 0 Å². The Morgan fingerprint density at radius 2 is 1.92 bits per heavy atom. The van der Waals surface area contributed by atoms with Crippen LogP contribution in [0.1, 0.15) is 18.4 Å². The molecule has 1 rings (SSSR count). The van der Waals surface area contributed by atoms with Crippen LogP contribution in [0.15, 0.2) is 30.3 Å². The predicted molar refractivity (Wildman–Crippen MR) is 87.2 cm³/mol. The summed E-state index contributed by atoms with van der Waals surface area (Å²) < 4.78 is 14.5. The number of benzene rings is 1. The summed E-state index contributed by atoms with van der Waals surface area (Å²) in [6.07, 6.45) is 3.45.